The van der Waals surface area contributed by atoms with Gasteiger partial charge in [0.1, 0.15) is 6.61 Å². The van der Waals surface area contributed by atoms with Gasteiger partial charge in [0.05, 0.1) is 5.92 Å². The normalized spacial score (nSPS) is 19.9. The number of carbonyl (C=O) groups is 3. The van der Waals surface area contributed by atoms with Crippen LogP contribution in [0.25, 0.3) is 11.1 Å². The Morgan fingerprint density at radius 1 is 1.09 bits per heavy atom. The summed E-state index contributed by atoms with van der Waals surface area (Å²) in [5, 5.41) is 12.1. The smallest absolute Gasteiger partial charge is 0.407 e. The number of amides is 2. The molecule has 1 aliphatic carbocycles. The minimum Gasteiger partial charge on any atom is -0.481 e. The number of likely N-dealkylation sites (tertiary alicyclic amines) is 1. The summed E-state index contributed by atoms with van der Waals surface area (Å²) >= 11 is 0. The first-order chi connectivity index (χ1) is 16.4. The summed E-state index contributed by atoms with van der Waals surface area (Å²) in [4.78, 5) is 38.2. The van der Waals surface area contributed by atoms with Gasteiger partial charge in [-0.3, -0.25) is 9.59 Å². The van der Waals surface area contributed by atoms with E-state index in [1.54, 1.807) is 11.8 Å². The zero-order valence-corrected chi connectivity index (χ0v) is 19.7. The van der Waals surface area contributed by atoms with Crippen LogP contribution in [-0.2, 0) is 14.3 Å². The van der Waals surface area contributed by atoms with Gasteiger partial charge in [-0.05, 0) is 41.5 Å². The molecule has 0 spiro atoms. The molecule has 3 atom stereocenters. The number of carboxylic acids is 1. The third-order valence-electron chi connectivity index (χ3n) is 7.31. The summed E-state index contributed by atoms with van der Waals surface area (Å²) in [6, 6.07) is 16.1. The highest BCUT2D eigenvalue weighted by atomic mass is 16.5. The molecule has 1 saturated heterocycles. The second-order valence-electron chi connectivity index (χ2n) is 9.25. The molecule has 0 bridgehead atoms. The number of alkyl carbamates (subject to hydrolysis) is 1. The number of nitrogens with one attached hydrogen (secondary N) is 1. The largest absolute Gasteiger partial charge is 0.481 e. The standard InChI is InChI=1S/C27H32N2O5/c1-3-18(14-25(30)29-13-12-19(17(29)2)26(31)32)15-28-27(33)34-16-24-22-10-6-4-8-20(22)21-9-5-7-11-23(21)24/h4-11,17-19,24H,3,12-16H2,1-2H3,(H,28,33)(H,31,32). The number of nitrogens with zero attached hydrogens (tertiary/aromatic N) is 1. The number of fused-ring (bicyclic) bond motifs is 3. The van der Waals surface area contributed by atoms with Gasteiger partial charge in [0.25, 0.3) is 0 Å². The van der Waals surface area contributed by atoms with Crippen molar-refractivity contribution in [1.29, 1.82) is 0 Å². The van der Waals surface area contributed by atoms with Crippen molar-refractivity contribution in [2.75, 3.05) is 19.7 Å². The Morgan fingerprint density at radius 2 is 1.71 bits per heavy atom. The monoisotopic (exact) mass is 464 g/mol. The Kier molecular flexibility index (Phi) is 7.20. The quantitative estimate of drug-likeness (QED) is 0.609. The first-order valence-corrected chi connectivity index (χ1v) is 12.0. The van der Waals surface area contributed by atoms with Crippen LogP contribution in [0.3, 0.4) is 0 Å². The molecule has 1 fully saturated rings. The van der Waals surface area contributed by atoms with Crippen LogP contribution in [0.1, 0.15) is 50.2 Å². The molecule has 0 radical (unpaired) electrons. The van der Waals surface area contributed by atoms with E-state index in [2.05, 4.69) is 29.6 Å². The van der Waals surface area contributed by atoms with Gasteiger partial charge in [-0.2, -0.15) is 0 Å². The van der Waals surface area contributed by atoms with Crippen molar-refractivity contribution in [3.8, 4) is 11.1 Å². The fourth-order valence-electron chi connectivity index (χ4n) is 5.22. The van der Waals surface area contributed by atoms with Crippen molar-refractivity contribution in [3.63, 3.8) is 0 Å². The average molecular weight is 465 g/mol. The first-order valence-electron chi connectivity index (χ1n) is 12.0. The summed E-state index contributed by atoms with van der Waals surface area (Å²) < 4.78 is 5.59. The molecular weight excluding hydrogens is 432 g/mol. The Morgan fingerprint density at radius 3 is 2.26 bits per heavy atom. The SMILES string of the molecule is CCC(CNC(=O)OCC1c2ccccc2-c2ccccc21)CC(=O)N1CCC(C(=O)O)C1C. The summed E-state index contributed by atoms with van der Waals surface area (Å²) in [5.74, 6) is -1.46. The molecule has 180 valence electrons. The lowest BCUT2D eigenvalue weighted by Gasteiger charge is -2.25. The maximum absolute atomic E-state index is 12.8. The zero-order chi connectivity index (χ0) is 24.2. The molecule has 3 unspecified atom stereocenters. The van der Waals surface area contributed by atoms with Crippen LogP contribution in [0.15, 0.2) is 48.5 Å². The molecule has 4 rings (SSSR count). The lowest BCUT2D eigenvalue weighted by molar-refractivity contribution is -0.143. The van der Waals surface area contributed by atoms with Gasteiger partial charge in [0.15, 0.2) is 0 Å². The molecule has 2 aromatic rings. The van der Waals surface area contributed by atoms with Crippen molar-refractivity contribution in [2.24, 2.45) is 11.8 Å². The number of carboxylic acid groups (broad SMARTS) is 1. The third-order valence-corrected chi connectivity index (χ3v) is 7.31. The number of carbonyl (C=O) groups excluding carboxylic acids is 2. The number of hydrogen-bond donors (Lipinski definition) is 2. The van der Waals surface area contributed by atoms with Crippen molar-refractivity contribution in [2.45, 2.75) is 45.1 Å². The van der Waals surface area contributed by atoms with Crippen LogP contribution in [0.4, 0.5) is 4.79 Å². The summed E-state index contributed by atoms with van der Waals surface area (Å²) in [6.45, 7) is 4.82. The second kappa shape index (κ2) is 10.3. The van der Waals surface area contributed by atoms with Crippen molar-refractivity contribution < 1.29 is 24.2 Å². The van der Waals surface area contributed by atoms with Crippen LogP contribution >= 0.6 is 0 Å². The number of hydrogen-bond acceptors (Lipinski definition) is 4. The summed E-state index contributed by atoms with van der Waals surface area (Å²) in [7, 11) is 0. The maximum Gasteiger partial charge on any atom is 0.407 e. The van der Waals surface area contributed by atoms with Gasteiger partial charge in [-0.1, -0.05) is 61.9 Å². The molecule has 7 nitrogen and oxygen atoms in total. The number of benzene rings is 2. The van der Waals surface area contributed by atoms with E-state index < -0.39 is 18.0 Å². The predicted molar refractivity (Wildman–Crippen MR) is 128 cm³/mol. The highest BCUT2D eigenvalue weighted by molar-refractivity contribution is 5.80. The lowest BCUT2D eigenvalue weighted by atomic mass is 9.98. The molecule has 2 aromatic carbocycles. The van der Waals surface area contributed by atoms with E-state index in [0.717, 1.165) is 17.5 Å². The molecule has 0 saturated carbocycles. The Labute approximate surface area is 200 Å². The molecule has 2 N–H and O–H groups in total. The number of ether oxygens (including phenoxy) is 1. The van der Waals surface area contributed by atoms with Gasteiger partial charge in [-0.15, -0.1) is 0 Å². The van der Waals surface area contributed by atoms with E-state index in [0.29, 0.717) is 19.5 Å². The van der Waals surface area contributed by atoms with E-state index in [-0.39, 0.29) is 36.8 Å². The van der Waals surface area contributed by atoms with E-state index in [9.17, 15) is 19.5 Å². The molecule has 0 aromatic heterocycles. The molecule has 2 aliphatic rings. The first kappa shape index (κ1) is 23.8. The molecule has 7 heteroatoms. The van der Waals surface area contributed by atoms with E-state index in [1.807, 2.05) is 31.2 Å². The Bertz CT molecular complexity index is 1020. The highest BCUT2D eigenvalue weighted by Gasteiger charge is 2.38. The van der Waals surface area contributed by atoms with Gasteiger partial charge in [-0.25, -0.2) is 4.79 Å². The third kappa shape index (κ3) is 4.79. The Hall–Kier alpha value is -3.35. The average Bonchev–Trinajstić information content (AvgIpc) is 3.38. The number of rotatable bonds is 8. The van der Waals surface area contributed by atoms with Gasteiger partial charge in [0.2, 0.25) is 5.91 Å². The second-order valence-corrected chi connectivity index (χ2v) is 9.25. The molecule has 34 heavy (non-hydrogen) atoms. The van der Waals surface area contributed by atoms with Crippen LogP contribution in [0.2, 0.25) is 0 Å². The maximum atomic E-state index is 12.8. The molecule has 2 amide bonds. The van der Waals surface area contributed by atoms with E-state index in [4.69, 9.17) is 4.74 Å². The van der Waals surface area contributed by atoms with Crippen LogP contribution in [0.5, 0.6) is 0 Å². The van der Waals surface area contributed by atoms with Gasteiger partial charge >= 0.3 is 12.1 Å². The minimum absolute atomic E-state index is 0.000495. The summed E-state index contributed by atoms with van der Waals surface area (Å²) in [5.41, 5.74) is 4.68. The topological polar surface area (TPSA) is 95.9 Å². The van der Waals surface area contributed by atoms with E-state index >= 15 is 0 Å². The van der Waals surface area contributed by atoms with Crippen molar-refractivity contribution in [3.05, 3.63) is 59.7 Å². The fourth-order valence-corrected chi connectivity index (χ4v) is 5.22. The molecule has 1 heterocycles. The molecular formula is C27H32N2O5. The minimum atomic E-state index is -0.855. The van der Waals surface area contributed by atoms with E-state index in [1.165, 1.54) is 11.1 Å². The van der Waals surface area contributed by atoms with Gasteiger partial charge < -0.3 is 20.1 Å². The fraction of sp³-hybridized carbons (Fsp3) is 0.444. The summed E-state index contributed by atoms with van der Waals surface area (Å²) in [6.07, 6.45) is 0.988. The zero-order valence-electron chi connectivity index (χ0n) is 19.7. The molecule has 1 aliphatic heterocycles. The highest BCUT2D eigenvalue weighted by Crippen LogP contribution is 2.44. The van der Waals surface area contributed by atoms with Crippen LogP contribution < -0.4 is 5.32 Å². The predicted octanol–water partition coefficient (Wildman–Crippen LogP) is 4.26. The Balaban J connectivity index is 1.28. The van der Waals surface area contributed by atoms with Gasteiger partial charge in [0, 0.05) is 31.5 Å². The number of aliphatic carboxylic acids is 1. The van der Waals surface area contributed by atoms with Crippen molar-refractivity contribution >= 4 is 18.0 Å². The van der Waals surface area contributed by atoms with Crippen molar-refractivity contribution in [1.82, 2.24) is 10.2 Å². The van der Waals surface area contributed by atoms with Crippen LogP contribution in [0, 0.1) is 11.8 Å². The van der Waals surface area contributed by atoms with Crippen LogP contribution in [-0.4, -0.2) is 53.7 Å². The lowest BCUT2D eigenvalue weighted by Crippen LogP contribution is -2.39.